The summed E-state index contributed by atoms with van der Waals surface area (Å²) in [5.74, 6) is -0.652. The minimum Gasteiger partial charge on any atom is -0.206 e. The van der Waals surface area contributed by atoms with Crippen LogP contribution in [0.3, 0.4) is 0 Å². The van der Waals surface area contributed by atoms with Crippen molar-refractivity contribution in [2.45, 2.75) is 83.2 Å². The number of hydrogen-bond donors (Lipinski definition) is 0. The van der Waals surface area contributed by atoms with Crippen LogP contribution in [-0.4, -0.2) is 0 Å². The molecule has 1 fully saturated rings. The van der Waals surface area contributed by atoms with Gasteiger partial charge in [0.15, 0.2) is 0 Å². The number of rotatable bonds is 8. The highest BCUT2D eigenvalue weighted by molar-refractivity contribution is 5.89. The summed E-state index contributed by atoms with van der Waals surface area (Å²) in [4.78, 5) is 0. The van der Waals surface area contributed by atoms with Gasteiger partial charge in [0.1, 0.15) is 11.6 Å². The van der Waals surface area contributed by atoms with Crippen molar-refractivity contribution < 1.29 is 22.0 Å². The summed E-state index contributed by atoms with van der Waals surface area (Å²) in [5.41, 5.74) is 0.0502. The van der Waals surface area contributed by atoms with E-state index in [-0.39, 0.29) is 11.1 Å². The molecule has 0 heterocycles. The lowest BCUT2D eigenvalue weighted by atomic mass is 9.76. The molecule has 0 spiro atoms. The molecule has 0 aromatic heterocycles. The van der Waals surface area contributed by atoms with Crippen molar-refractivity contribution in [2.75, 3.05) is 0 Å². The number of halogens is 5. The molecule has 0 aliphatic heterocycles. The van der Waals surface area contributed by atoms with E-state index < -0.39 is 23.4 Å². The van der Waals surface area contributed by atoms with Crippen LogP contribution < -0.4 is 0 Å². The lowest BCUT2D eigenvalue weighted by molar-refractivity contribution is -0.139. The van der Waals surface area contributed by atoms with Crippen LogP contribution in [0.1, 0.15) is 88.2 Å². The van der Waals surface area contributed by atoms with E-state index in [1.54, 1.807) is 12.1 Å². The van der Waals surface area contributed by atoms with Crippen LogP contribution in [0.25, 0.3) is 21.9 Å². The molecular weight excluding hydrogens is 455 g/mol. The third-order valence-electron chi connectivity index (χ3n) is 7.60. The van der Waals surface area contributed by atoms with Gasteiger partial charge in [-0.05, 0) is 66.2 Å². The Bertz CT molecular complexity index is 1140. The van der Waals surface area contributed by atoms with Gasteiger partial charge in [0.25, 0.3) is 0 Å². The van der Waals surface area contributed by atoms with Crippen molar-refractivity contribution >= 4 is 10.8 Å². The highest BCUT2D eigenvalue weighted by Crippen LogP contribution is 2.40. The summed E-state index contributed by atoms with van der Waals surface area (Å²) in [6.07, 6.45) is 7.94. The Morgan fingerprint density at radius 2 is 1.54 bits per heavy atom. The molecule has 5 heteroatoms. The fourth-order valence-electron chi connectivity index (χ4n) is 5.52. The van der Waals surface area contributed by atoms with Gasteiger partial charge in [-0.15, -0.1) is 0 Å². The average molecular weight is 489 g/mol. The standard InChI is InChI=1S/C30H33F5/c1-2-3-4-5-6-7-20-8-10-21(11-9-20)22-12-15-25-23(18-22)13-16-26(29(25)32)24-14-17-27(28(31)19-24)30(33,34)35/h12-21H,2-11H2,1H3. The number of unbranched alkanes of at least 4 members (excludes halogenated alkanes) is 4. The second-order valence-corrected chi connectivity index (χ2v) is 10.0. The molecule has 0 nitrogen and oxygen atoms in total. The minimum absolute atomic E-state index is 0.0898. The molecular formula is C30H33F5. The van der Waals surface area contributed by atoms with Gasteiger partial charge in [-0.1, -0.05) is 81.8 Å². The fraction of sp³-hybridized carbons (Fsp3) is 0.467. The normalized spacial score (nSPS) is 18.8. The van der Waals surface area contributed by atoms with Gasteiger partial charge in [-0.3, -0.25) is 0 Å². The van der Waals surface area contributed by atoms with E-state index in [0.717, 1.165) is 36.3 Å². The van der Waals surface area contributed by atoms with Crippen LogP contribution in [-0.2, 0) is 6.18 Å². The molecule has 1 aliphatic rings. The van der Waals surface area contributed by atoms with Gasteiger partial charge in [0, 0.05) is 10.9 Å². The maximum Gasteiger partial charge on any atom is 0.419 e. The number of fused-ring (bicyclic) bond motifs is 1. The zero-order valence-corrected chi connectivity index (χ0v) is 20.2. The van der Waals surface area contributed by atoms with Crippen molar-refractivity contribution in [1.29, 1.82) is 0 Å². The van der Waals surface area contributed by atoms with E-state index in [4.69, 9.17) is 0 Å². The molecule has 0 saturated heterocycles. The van der Waals surface area contributed by atoms with E-state index >= 15 is 4.39 Å². The second kappa shape index (κ2) is 11.1. The van der Waals surface area contributed by atoms with Crippen LogP contribution in [0.15, 0.2) is 48.5 Å². The van der Waals surface area contributed by atoms with Gasteiger partial charge in [0.2, 0.25) is 0 Å². The van der Waals surface area contributed by atoms with E-state index in [1.807, 2.05) is 12.1 Å². The van der Waals surface area contributed by atoms with E-state index in [9.17, 15) is 17.6 Å². The summed E-state index contributed by atoms with van der Waals surface area (Å²) in [6, 6.07) is 11.6. The predicted molar refractivity (Wildman–Crippen MR) is 132 cm³/mol. The molecule has 0 radical (unpaired) electrons. The summed E-state index contributed by atoms with van der Waals surface area (Å²) in [5, 5.41) is 1.15. The van der Waals surface area contributed by atoms with E-state index in [2.05, 4.69) is 6.92 Å². The first-order valence-electron chi connectivity index (χ1n) is 12.9. The maximum absolute atomic E-state index is 15.3. The number of hydrogen-bond acceptors (Lipinski definition) is 0. The Kier molecular flexibility index (Phi) is 8.13. The minimum atomic E-state index is -4.78. The van der Waals surface area contributed by atoms with Crippen LogP contribution in [0.4, 0.5) is 22.0 Å². The molecule has 0 bridgehead atoms. The van der Waals surface area contributed by atoms with E-state index in [1.165, 1.54) is 63.0 Å². The topological polar surface area (TPSA) is 0 Å². The first kappa shape index (κ1) is 25.7. The number of benzene rings is 3. The quantitative estimate of drug-likeness (QED) is 0.218. The highest BCUT2D eigenvalue weighted by atomic mass is 19.4. The molecule has 0 N–H and O–H groups in total. The van der Waals surface area contributed by atoms with E-state index in [0.29, 0.717) is 17.4 Å². The molecule has 0 unspecified atom stereocenters. The third-order valence-corrected chi connectivity index (χ3v) is 7.60. The zero-order valence-electron chi connectivity index (χ0n) is 20.2. The first-order valence-corrected chi connectivity index (χ1v) is 12.9. The molecule has 0 amide bonds. The summed E-state index contributed by atoms with van der Waals surface area (Å²) in [7, 11) is 0. The van der Waals surface area contributed by atoms with Crippen molar-refractivity contribution in [3.8, 4) is 11.1 Å². The lowest BCUT2D eigenvalue weighted by Crippen LogP contribution is -2.13. The van der Waals surface area contributed by atoms with Crippen molar-refractivity contribution in [3.05, 3.63) is 71.3 Å². The summed E-state index contributed by atoms with van der Waals surface area (Å²) in [6.45, 7) is 2.24. The number of alkyl halides is 3. The second-order valence-electron chi connectivity index (χ2n) is 10.0. The Morgan fingerprint density at radius 3 is 2.23 bits per heavy atom. The molecule has 4 rings (SSSR count). The van der Waals surface area contributed by atoms with Gasteiger partial charge < -0.3 is 0 Å². The summed E-state index contributed by atoms with van der Waals surface area (Å²) >= 11 is 0. The molecule has 188 valence electrons. The smallest absolute Gasteiger partial charge is 0.206 e. The first-order chi connectivity index (χ1) is 16.8. The third kappa shape index (κ3) is 6.05. The molecule has 3 aromatic carbocycles. The Labute approximate surface area is 204 Å². The van der Waals surface area contributed by atoms with Crippen LogP contribution in [0.2, 0.25) is 0 Å². The Morgan fingerprint density at radius 1 is 0.800 bits per heavy atom. The maximum atomic E-state index is 15.3. The monoisotopic (exact) mass is 488 g/mol. The van der Waals surface area contributed by atoms with Gasteiger partial charge in [-0.2, -0.15) is 13.2 Å². The SMILES string of the molecule is CCCCCCCC1CCC(c2ccc3c(F)c(-c4ccc(C(F)(F)F)c(F)c4)ccc3c2)CC1. The van der Waals surface area contributed by atoms with Gasteiger partial charge >= 0.3 is 6.18 Å². The summed E-state index contributed by atoms with van der Waals surface area (Å²) < 4.78 is 67.9. The predicted octanol–water partition coefficient (Wildman–Crippen LogP) is 10.4. The van der Waals surface area contributed by atoms with Crippen molar-refractivity contribution in [2.24, 2.45) is 5.92 Å². The van der Waals surface area contributed by atoms with Crippen LogP contribution in [0.5, 0.6) is 0 Å². The van der Waals surface area contributed by atoms with Crippen LogP contribution in [0, 0.1) is 17.6 Å². The molecule has 0 atom stereocenters. The molecule has 1 saturated carbocycles. The molecule has 1 aliphatic carbocycles. The average Bonchev–Trinajstić information content (AvgIpc) is 2.83. The molecule has 3 aromatic rings. The lowest BCUT2D eigenvalue weighted by Gasteiger charge is -2.29. The van der Waals surface area contributed by atoms with Crippen molar-refractivity contribution in [1.82, 2.24) is 0 Å². The van der Waals surface area contributed by atoms with Gasteiger partial charge in [0.05, 0.1) is 5.56 Å². The Balaban J connectivity index is 1.45. The fourth-order valence-corrected chi connectivity index (χ4v) is 5.52. The van der Waals surface area contributed by atoms with Crippen molar-refractivity contribution in [3.63, 3.8) is 0 Å². The zero-order chi connectivity index (χ0) is 25.0. The highest BCUT2D eigenvalue weighted by Gasteiger charge is 2.34. The van der Waals surface area contributed by atoms with Gasteiger partial charge in [-0.25, -0.2) is 8.78 Å². The Hall–Kier alpha value is -2.43. The van der Waals surface area contributed by atoms with Crippen LogP contribution >= 0.6 is 0 Å². The largest absolute Gasteiger partial charge is 0.419 e. The molecule has 35 heavy (non-hydrogen) atoms.